The van der Waals surface area contributed by atoms with Crippen LogP contribution in [0.15, 0.2) is 17.1 Å². The number of rotatable bonds is 7. The van der Waals surface area contributed by atoms with Gasteiger partial charge in [-0.2, -0.15) is 0 Å². The van der Waals surface area contributed by atoms with E-state index in [-0.39, 0.29) is 0 Å². The van der Waals surface area contributed by atoms with Crippen LogP contribution >= 0.6 is 0 Å². The zero-order valence-electron chi connectivity index (χ0n) is 17.6. The molecule has 1 saturated carbocycles. The average molecular weight is 391 g/mol. The predicted octanol–water partition coefficient (Wildman–Crippen LogP) is 2.39. The number of methoxy groups -OCH3 is 3. The number of likely N-dealkylation sites (tertiary alicyclic amines) is 1. The van der Waals surface area contributed by atoms with Gasteiger partial charge in [-0.15, -0.1) is 0 Å². The Morgan fingerprint density at radius 2 is 1.82 bits per heavy atom. The zero-order valence-corrected chi connectivity index (χ0v) is 17.6. The van der Waals surface area contributed by atoms with E-state index >= 15 is 0 Å². The highest BCUT2D eigenvalue weighted by Crippen LogP contribution is 2.39. The van der Waals surface area contributed by atoms with E-state index in [9.17, 15) is 0 Å². The number of aliphatic imine (C=N–C) groups is 1. The van der Waals surface area contributed by atoms with Gasteiger partial charge in [0.1, 0.15) is 0 Å². The van der Waals surface area contributed by atoms with Crippen molar-refractivity contribution in [2.45, 2.75) is 50.7 Å². The van der Waals surface area contributed by atoms with E-state index in [1.165, 1.54) is 32.2 Å². The lowest BCUT2D eigenvalue weighted by atomic mass is 10.1. The molecule has 0 amide bonds. The molecule has 7 nitrogen and oxygen atoms in total. The minimum absolute atomic E-state index is 0.444. The first-order valence-electron chi connectivity index (χ1n) is 10.2. The van der Waals surface area contributed by atoms with Crippen LogP contribution in [0.5, 0.6) is 17.2 Å². The molecule has 1 aromatic carbocycles. The smallest absolute Gasteiger partial charge is 0.203 e. The summed E-state index contributed by atoms with van der Waals surface area (Å²) in [5.41, 5.74) is 0.988. The predicted molar refractivity (Wildman–Crippen MR) is 112 cm³/mol. The molecule has 1 aliphatic heterocycles. The molecule has 0 bridgehead atoms. The third-order valence-electron chi connectivity index (χ3n) is 5.86. The Morgan fingerprint density at radius 3 is 2.46 bits per heavy atom. The summed E-state index contributed by atoms with van der Waals surface area (Å²) in [5.74, 6) is 2.76. The number of nitrogens with zero attached hydrogens (tertiary/aromatic N) is 2. The highest BCUT2D eigenvalue weighted by atomic mass is 16.5. The molecule has 3 rings (SSSR count). The minimum atomic E-state index is 0.444. The highest BCUT2D eigenvalue weighted by molar-refractivity contribution is 5.80. The van der Waals surface area contributed by atoms with E-state index in [4.69, 9.17) is 14.2 Å². The first-order chi connectivity index (χ1) is 13.7. The second-order valence-electron chi connectivity index (χ2n) is 7.48. The first kappa shape index (κ1) is 20.6. The van der Waals surface area contributed by atoms with E-state index < -0.39 is 0 Å². The molecule has 1 atom stereocenters. The Kier molecular flexibility index (Phi) is 7.25. The van der Waals surface area contributed by atoms with Crippen molar-refractivity contribution < 1.29 is 14.2 Å². The van der Waals surface area contributed by atoms with Crippen molar-refractivity contribution in [3.05, 3.63) is 17.7 Å². The van der Waals surface area contributed by atoms with Crippen LogP contribution < -0.4 is 24.8 Å². The molecule has 2 N–H and O–H groups in total. The minimum Gasteiger partial charge on any atom is -0.493 e. The van der Waals surface area contributed by atoms with Crippen molar-refractivity contribution in [1.82, 2.24) is 15.5 Å². The highest BCUT2D eigenvalue weighted by Gasteiger charge is 2.30. The fourth-order valence-corrected chi connectivity index (χ4v) is 4.38. The van der Waals surface area contributed by atoms with Crippen LogP contribution in [0, 0.1) is 0 Å². The molecule has 156 valence electrons. The Hall–Kier alpha value is -2.15. The Balaban J connectivity index is 1.57. The van der Waals surface area contributed by atoms with Crippen molar-refractivity contribution in [2.24, 2.45) is 4.99 Å². The van der Waals surface area contributed by atoms with Crippen molar-refractivity contribution in [1.29, 1.82) is 0 Å². The van der Waals surface area contributed by atoms with Gasteiger partial charge in [-0.25, -0.2) is 0 Å². The van der Waals surface area contributed by atoms with Crippen LogP contribution in [0.3, 0.4) is 0 Å². The van der Waals surface area contributed by atoms with Gasteiger partial charge < -0.3 is 24.8 Å². The third kappa shape index (κ3) is 4.63. The summed E-state index contributed by atoms with van der Waals surface area (Å²) in [6.07, 6.45) is 6.65. The van der Waals surface area contributed by atoms with Crippen LogP contribution in [0.25, 0.3) is 0 Å². The van der Waals surface area contributed by atoms with Crippen LogP contribution in [0.1, 0.15) is 37.7 Å². The number of benzene rings is 1. The van der Waals surface area contributed by atoms with Gasteiger partial charge in [-0.3, -0.25) is 9.89 Å². The fourth-order valence-electron chi connectivity index (χ4n) is 4.38. The molecule has 0 aromatic heterocycles. The molecule has 1 aromatic rings. The van der Waals surface area contributed by atoms with Gasteiger partial charge in [-0.1, -0.05) is 12.8 Å². The quantitative estimate of drug-likeness (QED) is 0.550. The summed E-state index contributed by atoms with van der Waals surface area (Å²) in [7, 11) is 6.70. The number of hydrogen-bond acceptors (Lipinski definition) is 5. The normalized spacial score (nSPS) is 21.0. The first-order valence-corrected chi connectivity index (χ1v) is 10.2. The molecule has 1 unspecified atom stereocenters. The maximum Gasteiger partial charge on any atom is 0.203 e. The third-order valence-corrected chi connectivity index (χ3v) is 5.86. The monoisotopic (exact) mass is 390 g/mol. The summed E-state index contributed by atoms with van der Waals surface area (Å²) in [4.78, 5) is 7.05. The molecule has 1 aliphatic carbocycles. The van der Waals surface area contributed by atoms with Crippen molar-refractivity contribution in [3.8, 4) is 17.2 Å². The van der Waals surface area contributed by atoms with E-state index in [1.807, 2.05) is 19.2 Å². The van der Waals surface area contributed by atoms with E-state index in [1.54, 1.807) is 21.3 Å². The van der Waals surface area contributed by atoms with E-state index in [2.05, 4.69) is 20.5 Å². The topological polar surface area (TPSA) is 67.4 Å². The number of guanidine groups is 1. The molecule has 7 heteroatoms. The largest absolute Gasteiger partial charge is 0.493 e. The molecule has 1 heterocycles. The van der Waals surface area contributed by atoms with Crippen molar-refractivity contribution in [3.63, 3.8) is 0 Å². The summed E-state index contributed by atoms with van der Waals surface area (Å²) in [6.45, 7) is 2.87. The van der Waals surface area contributed by atoms with Gasteiger partial charge in [0.25, 0.3) is 0 Å². The summed E-state index contributed by atoms with van der Waals surface area (Å²) < 4.78 is 16.4. The fraction of sp³-hybridized carbons (Fsp3) is 0.667. The van der Waals surface area contributed by atoms with Gasteiger partial charge in [0.2, 0.25) is 5.75 Å². The molecule has 2 fully saturated rings. The van der Waals surface area contributed by atoms with Crippen LogP contribution in [-0.2, 0) is 6.54 Å². The Morgan fingerprint density at radius 1 is 1.07 bits per heavy atom. The molecule has 0 spiro atoms. The summed E-state index contributed by atoms with van der Waals surface area (Å²) in [6, 6.07) is 5.11. The Labute approximate surface area is 168 Å². The van der Waals surface area contributed by atoms with E-state index in [0.29, 0.717) is 29.8 Å². The molecular weight excluding hydrogens is 356 g/mol. The maximum absolute atomic E-state index is 5.57. The lowest BCUT2D eigenvalue weighted by Crippen LogP contribution is -2.45. The van der Waals surface area contributed by atoms with E-state index in [0.717, 1.165) is 30.5 Å². The van der Waals surface area contributed by atoms with Crippen molar-refractivity contribution >= 4 is 5.96 Å². The molecular formula is C21H34N4O3. The number of nitrogens with one attached hydrogen (secondary N) is 2. The standard InChI is InChI=1S/C21H34N4O3/c1-22-21(24-16-11-12-25(14-16)17-7-5-6-8-17)23-13-15-9-10-18(26-2)20(28-4)19(15)27-3/h9-10,16-17H,5-8,11-14H2,1-4H3,(H2,22,23,24). The van der Waals surface area contributed by atoms with Gasteiger partial charge >= 0.3 is 0 Å². The van der Waals surface area contributed by atoms with Crippen molar-refractivity contribution in [2.75, 3.05) is 41.5 Å². The zero-order chi connectivity index (χ0) is 19.9. The van der Waals surface area contributed by atoms with Crippen LogP contribution in [0.4, 0.5) is 0 Å². The molecule has 28 heavy (non-hydrogen) atoms. The molecule has 1 saturated heterocycles. The van der Waals surface area contributed by atoms with Gasteiger partial charge in [0, 0.05) is 44.3 Å². The summed E-state index contributed by atoms with van der Waals surface area (Å²) >= 11 is 0. The average Bonchev–Trinajstić information content (AvgIpc) is 3.41. The number of ether oxygens (including phenoxy) is 3. The van der Waals surface area contributed by atoms with Crippen LogP contribution in [0.2, 0.25) is 0 Å². The summed E-state index contributed by atoms with van der Waals surface area (Å²) in [5, 5.41) is 6.98. The lowest BCUT2D eigenvalue weighted by molar-refractivity contribution is 0.242. The van der Waals surface area contributed by atoms with Gasteiger partial charge in [0.05, 0.1) is 21.3 Å². The maximum atomic E-state index is 5.57. The van der Waals surface area contributed by atoms with Gasteiger partial charge in [0.15, 0.2) is 17.5 Å². The second kappa shape index (κ2) is 9.87. The van der Waals surface area contributed by atoms with Gasteiger partial charge in [-0.05, 0) is 31.4 Å². The molecule has 2 aliphatic rings. The molecule has 0 radical (unpaired) electrons. The lowest BCUT2D eigenvalue weighted by Gasteiger charge is -2.24. The second-order valence-corrected chi connectivity index (χ2v) is 7.48. The van der Waals surface area contributed by atoms with Crippen LogP contribution in [-0.4, -0.2) is 64.4 Å². The Bertz CT molecular complexity index is 674. The number of hydrogen-bond donors (Lipinski definition) is 2. The SMILES string of the molecule is CN=C(NCc1ccc(OC)c(OC)c1OC)NC1CCN(C2CCCC2)C1.